The van der Waals surface area contributed by atoms with E-state index in [0.717, 1.165) is 62.7 Å². The van der Waals surface area contributed by atoms with E-state index in [4.69, 9.17) is 4.74 Å². The van der Waals surface area contributed by atoms with E-state index < -0.39 is 0 Å². The molecule has 0 aromatic heterocycles. The summed E-state index contributed by atoms with van der Waals surface area (Å²) in [5.74, 6) is 0.0344. The molecular formula is C23H33N3O3. The number of hydrogen-bond donors (Lipinski definition) is 1. The van der Waals surface area contributed by atoms with Crippen molar-refractivity contribution >= 4 is 12.0 Å². The molecule has 1 N–H and O–H groups in total. The number of likely N-dealkylation sites (tertiary alicyclic amines) is 1. The molecule has 3 atom stereocenters. The quantitative estimate of drug-likeness (QED) is 0.844. The molecule has 1 aromatic carbocycles. The molecule has 2 bridgehead atoms. The molecule has 0 spiro atoms. The smallest absolute Gasteiger partial charge is 0.410 e. The maximum absolute atomic E-state index is 12.7. The summed E-state index contributed by atoms with van der Waals surface area (Å²) in [6, 6.07) is 9.06. The van der Waals surface area contributed by atoms with Gasteiger partial charge in [-0.3, -0.25) is 9.69 Å². The number of piperidine rings is 2. The minimum Gasteiger partial charge on any atom is -0.450 e. The molecule has 0 radical (unpaired) electrons. The Bertz CT molecular complexity index is 739. The predicted molar refractivity (Wildman–Crippen MR) is 112 cm³/mol. The normalized spacial score (nSPS) is 29.5. The number of nitrogens with one attached hydrogen (secondary N) is 1. The highest BCUT2D eigenvalue weighted by Crippen LogP contribution is 2.38. The van der Waals surface area contributed by atoms with Crippen LogP contribution >= 0.6 is 0 Å². The second kappa shape index (κ2) is 8.74. The van der Waals surface area contributed by atoms with Gasteiger partial charge in [0.15, 0.2) is 0 Å². The molecule has 1 aromatic rings. The molecule has 2 amide bonds. The van der Waals surface area contributed by atoms with Crippen LogP contribution in [0.3, 0.4) is 0 Å². The first-order chi connectivity index (χ1) is 14.1. The third kappa shape index (κ3) is 4.27. The summed E-state index contributed by atoms with van der Waals surface area (Å²) >= 11 is 0. The Kier molecular flexibility index (Phi) is 6.09. The van der Waals surface area contributed by atoms with Crippen molar-refractivity contribution in [2.45, 2.75) is 76.5 Å². The number of fused-ring (bicyclic) bond motifs is 2. The standard InChI is InChI=1S/C23H33N3O3/c1-3-29-23(28)26-18-10-11-19(26)14-20(13-18)25-12-6-8-17(15-25)24-22(27)21-9-5-4-7-16(21)2/h4-5,7,9,17-20H,3,6,8,10-15H2,1-2H3,(H,24,27)/t17-,18?,19?,20?/m1/s1. The summed E-state index contributed by atoms with van der Waals surface area (Å²) in [6.45, 7) is 6.27. The van der Waals surface area contributed by atoms with E-state index in [1.54, 1.807) is 0 Å². The van der Waals surface area contributed by atoms with Crippen LogP contribution in [-0.2, 0) is 4.74 Å². The van der Waals surface area contributed by atoms with E-state index in [1.165, 1.54) is 0 Å². The number of aryl methyl sites for hydroxylation is 1. The fraction of sp³-hybridized carbons (Fsp3) is 0.652. The molecule has 3 fully saturated rings. The highest BCUT2D eigenvalue weighted by molar-refractivity contribution is 5.95. The second-order valence-corrected chi connectivity index (χ2v) is 8.74. The van der Waals surface area contributed by atoms with Crippen LogP contribution in [0, 0.1) is 6.92 Å². The summed E-state index contributed by atoms with van der Waals surface area (Å²) in [6.07, 6.45) is 6.21. The van der Waals surface area contributed by atoms with Gasteiger partial charge in [-0.1, -0.05) is 18.2 Å². The van der Waals surface area contributed by atoms with Crippen molar-refractivity contribution in [1.82, 2.24) is 15.1 Å². The van der Waals surface area contributed by atoms with Crippen molar-refractivity contribution < 1.29 is 14.3 Å². The third-order valence-corrected chi connectivity index (χ3v) is 6.88. The van der Waals surface area contributed by atoms with Gasteiger partial charge in [0.1, 0.15) is 0 Å². The SMILES string of the molecule is CCOC(=O)N1C2CCC1CC(N1CCC[C@@H](NC(=O)c3ccccc3C)C1)C2. The van der Waals surface area contributed by atoms with Crippen LogP contribution in [0.2, 0.25) is 0 Å². The molecule has 0 saturated carbocycles. The molecule has 158 valence electrons. The molecule has 2 unspecified atom stereocenters. The first kappa shape index (κ1) is 20.2. The van der Waals surface area contributed by atoms with E-state index in [-0.39, 0.29) is 18.0 Å². The summed E-state index contributed by atoms with van der Waals surface area (Å²) in [5.41, 5.74) is 1.78. The van der Waals surface area contributed by atoms with Crippen LogP contribution in [0.4, 0.5) is 4.79 Å². The average molecular weight is 400 g/mol. The van der Waals surface area contributed by atoms with Gasteiger partial charge in [-0.15, -0.1) is 0 Å². The van der Waals surface area contributed by atoms with Crippen LogP contribution < -0.4 is 5.32 Å². The van der Waals surface area contributed by atoms with Crippen LogP contribution in [0.5, 0.6) is 0 Å². The van der Waals surface area contributed by atoms with Crippen molar-refractivity contribution in [3.05, 3.63) is 35.4 Å². The Morgan fingerprint density at radius 2 is 1.83 bits per heavy atom. The topological polar surface area (TPSA) is 61.9 Å². The Balaban J connectivity index is 1.35. The third-order valence-electron chi connectivity index (χ3n) is 6.88. The van der Waals surface area contributed by atoms with E-state index in [0.29, 0.717) is 24.7 Å². The summed E-state index contributed by atoms with van der Waals surface area (Å²) in [7, 11) is 0. The molecule has 29 heavy (non-hydrogen) atoms. The lowest BCUT2D eigenvalue weighted by Crippen LogP contribution is -2.56. The molecule has 6 heteroatoms. The molecule has 4 rings (SSSR count). The van der Waals surface area contributed by atoms with Gasteiger partial charge >= 0.3 is 6.09 Å². The summed E-state index contributed by atoms with van der Waals surface area (Å²) < 4.78 is 5.28. The lowest BCUT2D eigenvalue weighted by Gasteiger charge is -2.45. The van der Waals surface area contributed by atoms with Gasteiger partial charge in [-0.05, 0) is 70.5 Å². The highest BCUT2D eigenvalue weighted by Gasteiger charge is 2.45. The minimum absolute atomic E-state index is 0.0344. The Morgan fingerprint density at radius 1 is 1.10 bits per heavy atom. The fourth-order valence-corrected chi connectivity index (χ4v) is 5.49. The number of nitrogens with zero attached hydrogens (tertiary/aromatic N) is 2. The zero-order valence-corrected chi connectivity index (χ0v) is 17.6. The van der Waals surface area contributed by atoms with E-state index in [1.807, 2.05) is 43.0 Å². The van der Waals surface area contributed by atoms with Crippen LogP contribution in [-0.4, -0.2) is 65.7 Å². The molecule has 3 saturated heterocycles. The number of carbonyl (C=O) groups excluding carboxylic acids is 2. The number of hydrogen-bond acceptors (Lipinski definition) is 4. The van der Waals surface area contributed by atoms with E-state index in [9.17, 15) is 9.59 Å². The van der Waals surface area contributed by atoms with E-state index in [2.05, 4.69) is 10.2 Å². The first-order valence-corrected chi connectivity index (χ1v) is 11.1. The Labute approximate surface area is 173 Å². The van der Waals surface area contributed by atoms with Gasteiger partial charge < -0.3 is 15.0 Å². The maximum Gasteiger partial charge on any atom is 0.410 e. The van der Waals surface area contributed by atoms with Crippen LogP contribution in [0.1, 0.15) is 61.4 Å². The summed E-state index contributed by atoms with van der Waals surface area (Å²) in [4.78, 5) is 29.6. The fourth-order valence-electron chi connectivity index (χ4n) is 5.49. The van der Waals surface area contributed by atoms with Gasteiger partial charge in [-0.25, -0.2) is 4.79 Å². The Hall–Kier alpha value is -2.08. The van der Waals surface area contributed by atoms with Gasteiger partial charge in [0.05, 0.1) is 6.61 Å². The maximum atomic E-state index is 12.7. The van der Waals surface area contributed by atoms with Crippen molar-refractivity contribution in [3.63, 3.8) is 0 Å². The van der Waals surface area contributed by atoms with Gasteiger partial charge in [-0.2, -0.15) is 0 Å². The molecule has 3 aliphatic rings. The van der Waals surface area contributed by atoms with Gasteiger partial charge in [0.25, 0.3) is 5.91 Å². The van der Waals surface area contributed by atoms with Crippen molar-refractivity contribution in [3.8, 4) is 0 Å². The Morgan fingerprint density at radius 3 is 2.52 bits per heavy atom. The average Bonchev–Trinajstić information content (AvgIpc) is 2.98. The molecule has 0 aliphatic carbocycles. The largest absolute Gasteiger partial charge is 0.450 e. The number of ether oxygens (including phenoxy) is 1. The van der Waals surface area contributed by atoms with Crippen LogP contribution in [0.15, 0.2) is 24.3 Å². The number of benzene rings is 1. The van der Waals surface area contributed by atoms with Crippen molar-refractivity contribution in [2.24, 2.45) is 0 Å². The zero-order valence-electron chi connectivity index (χ0n) is 17.6. The molecule has 3 aliphatic heterocycles. The number of amides is 2. The van der Waals surface area contributed by atoms with Crippen molar-refractivity contribution in [2.75, 3.05) is 19.7 Å². The number of carbonyl (C=O) groups is 2. The van der Waals surface area contributed by atoms with Crippen molar-refractivity contribution in [1.29, 1.82) is 0 Å². The van der Waals surface area contributed by atoms with Gasteiger partial charge in [0.2, 0.25) is 0 Å². The minimum atomic E-state index is -0.138. The summed E-state index contributed by atoms with van der Waals surface area (Å²) in [5, 5.41) is 3.26. The lowest BCUT2D eigenvalue weighted by atomic mass is 9.93. The predicted octanol–water partition coefficient (Wildman–Crippen LogP) is 3.34. The highest BCUT2D eigenvalue weighted by atomic mass is 16.6. The molecule has 6 nitrogen and oxygen atoms in total. The molecular weight excluding hydrogens is 366 g/mol. The zero-order chi connectivity index (χ0) is 20.4. The first-order valence-electron chi connectivity index (χ1n) is 11.1. The lowest BCUT2D eigenvalue weighted by molar-refractivity contribution is 0.0309. The van der Waals surface area contributed by atoms with Crippen LogP contribution in [0.25, 0.3) is 0 Å². The van der Waals surface area contributed by atoms with E-state index >= 15 is 0 Å². The number of rotatable bonds is 4. The second-order valence-electron chi connectivity index (χ2n) is 8.74. The van der Waals surface area contributed by atoms with Gasteiger partial charge in [0, 0.05) is 36.3 Å². The monoisotopic (exact) mass is 399 g/mol. The molecule has 3 heterocycles.